The number of aryl methyl sites for hydroxylation is 1. The number of nitrogens with one attached hydrogen (secondary N) is 1. The van der Waals surface area contributed by atoms with Crippen LogP contribution in [0.15, 0.2) is 17.5 Å². The van der Waals surface area contributed by atoms with E-state index in [4.69, 9.17) is 11.6 Å². The maximum absolute atomic E-state index is 5.85. The van der Waals surface area contributed by atoms with Crippen molar-refractivity contribution in [3.8, 4) is 0 Å². The summed E-state index contributed by atoms with van der Waals surface area (Å²) in [5.41, 5.74) is 1.07. The summed E-state index contributed by atoms with van der Waals surface area (Å²) in [6.07, 6.45) is 0.996. The number of thiazole rings is 1. The lowest BCUT2D eigenvalue weighted by atomic mass is 10.3. The van der Waals surface area contributed by atoms with Gasteiger partial charge in [0.1, 0.15) is 0 Å². The number of hydrogen-bond acceptors (Lipinski definition) is 4. The van der Waals surface area contributed by atoms with E-state index >= 15 is 0 Å². The Morgan fingerprint density at radius 3 is 2.93 bits per heavy atom. The average Bonchev–Trinajstić information content (AvgIpc) is 2.76. The number of halogens is 1. The first kappa shape index (κ1) is 10.9. The van der Waals surface area contributed by atoms with E-state index in [0.29, 0.717) is 0 Å². The van der Waals surface area contributed by atoms with E-state index in [0.717, 1.165) is 28.1 Å². The fourth-order valence-corrected chi connectivity index (χ4v) is 3.02. The second-order valence-electron chi connectivity index (χ2n) is 3.18. The van der Waals surface area contributed by atoms with Crippen LogP contribution in [0.25, 0.3) is 0 Å². The second kappa shape index (κ2) is 4.96. The summed E-state index contributed by atoms with van der Waals surface area (Å²) in [4.78, 5) is 5.64. The van der Waals surface area contributed by atoms with Gasteiger partial charge in [-0.25, -0.2) is 4.98 Å². The minimum absolute atomic E-state index is 0.857. The molecule has 0 spiro atoms. The maximum Gasteiger partial charge on any atom is 0.182 e. The van der Waals surface area contributed by atoms with Gasteiger partial charge in [0.15, 0.2) is 5.13 Å². The monoisotopic (exact) mass is 258 g/mol. The fourth-order valence-electron chi connectivity index (χ4n) is 1.21. The summed E-state index contributed by atoms with van der Waals surface area (Å²) in [6, 6.07) is 4.01. The smallest absolute Gasteiger partial charge is 0.182 e. The topological polar surface area (TPSA) is 24.9 Å². The molecule has 5 heteroatoms. The van der Waals surface area contributed by atoms with Crippen LogP contribution in [0, 0.1) is 6.92 Å². The highest BCUT2D eigenvalue weighted by Gasteiger charge is 1.99. The molecule has 0 saturated carbocycles. The van der Waals surface area contributed by atoms with Gasteiger partial charge in [-0.2, -0.15) is 0 Å². The Hall–Kier alpha value is -0.580. The van der Waals surface area contributed by atoms with Gasteiger partial charge >= 0.3 is 0 Å². The molecule has 0 unspecified atom stereocenters. The summed E-state index contributed by atoms with van der Waals surface area (Å²) in [7, 11) is 0. The minimum Gasteiger partial charge on any atom is -0.361 e. The van der Waals surface area contributed by atoms with E-state index in [1.807, 2.05) is 18.4 Å². The zero-order valence-electron chi connectivity index (χ0n) is 8.29. The predicted octanol–water partition coefficient (Wildman–Crippen LogP) is 3.82. The van der Waals surface area contributed by atoms with Gasteiger partial charge in [-0.05, 0) is 25.5 Å². The van der Waals surface area contributed by atoms with Crippen LogP contribution in [0.2, 0.25) is 4.34 Å². The molecule has 0 fully saturated rings. The maximum atomic E-state index is 5.85. The summed E-state index contributed by atoms with van der Waals surface area (Å²) >= 11 is 9.13. The lowest BCUT2D eigenvalue weighted by molar-refractivity contribution is 1.03. The molecule has 15 heavy (non-hydrogen) atoms. The summed E-state index contributed by atoms with van der Waals surface area (Å²) in [5, 5.41) is 6.34. The van der Waals surface area contributed by atoms with Crippen molar-refractivity contribution in [3.63, 3.8) is 0 Å². The van der Waals surface area contributed by atoms with Crippen molar-refractivity contribution in [3.05, 3.63) is 32.4 Å². The molecule has 0 saturated heterocycles. The Morgan fingerprint density at radius 1 is 1.47 bits per heavy atom. The van der Waals surface area contributed by atoms with Gasteiger partial charge in [0.25, 0.3) is 0 Å². The van der Waals surface area contributed by atoms with E-state index in [1.165, 1.54) is 4.88 Å². The third-order valence-corrected chi connectivity index (χ3v) is 4.10. The summed E-state index contributed by atoms with van der Waals surface area (Å²) in [5.74, 6) is 0. The normalized spacial score (nSPS) is 10.5. The van der Waals surface area contributed by atoms with Crippen LogP contribution in [-0.4, -0.2) is 11.5 Å². The number of hydrogen-bond donors (Lipinski definition) is 1. The van der Waals surface area contributed by atoms with E-state index in [9.17, 15) is 0 Å². The van der Waals surface area contributed by atoms with Gasteiger partial charge in [-0.15, -0.1) is 22.7 Å². The Labute approximate surface area is 102 Å². The molecular formula is C10H11ClN2S2. The fraction of sp³-hybridized carbons (Fsp3) is 0.300. The van der Waals surface area contributed by atoms with E-state index < -0.39 is 0 Å². The molecule has 2 nitrogen and oxygen atoms in total. The van der Waals surface area contributed by atoms with Crippen molar-refractivity contribution in [1.82, 2.24) is 4.98 Å². The molecule has 0 aliphatic rings. The van der Waals surface area contributed by atoms with Gasteiger partial charge in [0.2, 0.25) is 0 Å². The highest BCUT2D eigenvalue weighted by atomic mass is 35.5. The number of rotatable bonds is 4. The van der Waals surface area contributed by atoms with Crippen LogP contribution in [0.1, 0.15) is 10.6 Å². The van der Waals surface area contributed by atoms with Gasteiger partial charge < -0.3 is 5.32 Å². The minimum atomic E-state index is 0.857. The first-order valence-electron chi connectivity index (χ1n) is 4.64. The molecule has 80 valence electrons. The van der Waals surface area contributed by atoms with Crippen LogP contribution >= 0.6 is 34.3 Å². The van der Waals surface area contributed by atoms with E-state index in [-0.39, 0.29) is 0 Å². The molecule has 2 aromatic rings. The quantitative estimate of drug-likeness (QED) is 0.902. The molecule has 0 bridgehead atoms. The van der Waals surface area contributed by atoms with Gasteiger partial charge in [-0.3, -0.25) is 0 Å². The molecule has 0 atom stereocenters. The first-order valence-corrected chi connectivity index (χ1v) is 6.71. The molecular weight excluding hydrogens is 248 g/mol. The molecule has 0 aliphatic carbocycles. The first-order chi connectivity index (χ1) is 7.24. The van der Waals surface area contributed by atoms with Crippen molar-refractivity contribution >= 4 is 39.4 Å². The molecule has 2 aromatic heterocycles. The van der Waals surface area contributed by atoms with Crippen molar-refractivity contribution in [1.29, 1.82) is 0 Å². The van der Waals surface area contributed by atoms with Crippen molar-refractivity contribution in [2.75, 3.05) is 11.9 Å². The van der Waals surface area contributed by atoms with Crippen LogP contribution in [-0.2, 0) is 6.42 Å². The predicted molar refractivity (Wildman–Crippen MR) is 68.4 cm³/mol. The highest BCUT2D eigenvalue weighted by Crippen LogP contribution is 2.22. The van der Waals surface area contributed by atoms with Gasteiger partial charge in [-0.1, -0.05) is 11.6 Å². The molecule has 0 aromatic carbocycles. The number of thiophene rings is 1. The average molecular weight is 259 g/mol. The third-order valence-electron chi connectivity index (χ3n) is 1.90. The molecule has 0 aliphatic heterocycles. The Balaban J connectivity index is 1.80. The van der Waals surface area contributed by atoms with Crippen LogP contribution in [0.3, 0.4) is 0 Å². The lowest BCUT2D eigenvalue weighted by Gasteiger charge is -1.99. The van der Waals surface area contributed by atoms with Crippen molar-refractivity contribution < 1.29 is 0 Å². The lowest BCUT2D eigenvalue weighted by Crippen LogP contribution is -2.03. The highest BCUT2D eigenvalue weighted by molar-refractivity contribution is 7.16. The molecule has 0 radical (unpaired) electrons. The van der Waals surface area contributed by atoms with Crippen molar-refractivity contribution in [2.24, 2.45) is 0 Å². The standard InChI is InChI=1S/C10H11ClN2S2/c1-7-6-14-10(13-7)12-5-4-8-2-3-9(11)15-8/h2-3,6H,4-5H2,1H3,(H,12,13). The molecule has 0 amide bonds. The number of anilines is 1. The number of nitrogens with zero attached hydrogens (tertiary/aromatic N) is 1. The Bertz CT molecular complexity index is 396. The van der Waals surface area contributed by atoms with Crippen LogP contribution in [0.5, 0.6) is 0 Å². The zero-order valence-corrected chi connectivity index (χ0v) is 10.7. The van der Waals surface area contributed by atoms with Crippen LogP contribution in [0.4, 0.5) is 5.13 Å². The van der Waals surface area contributed by atoms with Gasteiger partial charge in [0, 0.05) is 16.8 Å². The molecule has 1 N–H and O–H groups in total. The number of aromatic nitrogens is 1. The van der Waals surface area contributed by atoms with Crippen LogP contribution < -0.4 is 5.32 Å². The second-order valence-corrected chi connectivity index (χ2v) is 5.83. The third kappa shape index (κ3) is 3.19. The summed E-state index contributed by atoms with van der Waals surface area (Å²) < 4.78 is 0.857. The van der Waals surface area contributed by atoms with E-state index in [1.54, 1.807) is 22.7 Å². The summed E-state index contributed by atoms with van der Waals surface area (Å²) in [6.45, 7) is 2.91. The SMILES string of the molecule is Cc1csc(NCCc2ccc(Cl)s2)n1. The Kier molecular flexibility index (Phi) is 3.61. The zero-order chi connectivity index (χ0) is 10.7. The largest absolute Gasteiger partial charge is 0.361 e. The molecule has 2 heterocycles. The van der Waals surface area contributed by atoms with Gasteiger partial charge in [0.05, 0.1) is 10.0 Å². The van der Waals surface area contributed by atoms with E-state index in [2.05, 4.69) is 16.4 Å². The Morgan fingerprint density at radius 2 is 2.33 bits per heavy atom. The molecule has 2 rings (SSSR count). The van der Waals surface area contributed by atoms with Crippen molar-refractivity contribution in [2.45, 2.75) is 13.3 Å².